The van der Waals surface area contributed by atoms with Gasteiger partial charge < -0.3 is 15.0 Å². The van der Waals surface area contributed by atoms with E-state index in [1.807, 2.05) is 13.8 Å². The molecule has 5 nitrogen and oxygen atoms in total. The smallest absolute Gasteiger partial charge is 0.248 e. The number of piperazine rings is 1. The predicted molar refractivity (Wildman–Crippen MR) is 80.8 cm³/mol. The zero-order valence-electron chi connectivity index (χ0n) is 13.7. The van der Waals surface area contributed by atoms with E-state index in [2.05, 4.69) is 19.2 Å². The molecule has 2 saturated heterocycles. The molecule has 2 aliphatic heterocycles. The van der Waals surface area contributed by atoms with Gasteiger partial charge in [0, 0.05) is 12.6 Å². The van der Waals surface area contributed by atoms with Gasteiger partial charge in [-0.15, -0.1) is 0 Å². The van der Waals surface area contributed by atoms with E-state index >= 15 is 0 Å². The fourth-order valence-corrected chi connectivity index (χ4v) is 3.49. The number of carbonyl (C=O) groups is 2. The van der Waals surface area contributed by atoms with Crippen molar-refractivity contribution in [3.8, 4) is 0 Å². The number of hydrogen-bond acceptors (Lipinski definition) is 3. The molecular weight excluding hydrogens is 268 g/mol. The van der Waals surface area contributed by atoms with Crippen molar-refractivity contribution < 1.29 is 14.3 Å². The highest BCUT2D eigenvalue weighted by Gasteiger charge is 2.46. The molecule has 2 atom stereocenters. The van der Waals surface area contributed by atoms with Crippen molar-refractivity contribution in [3.63, 3.8) is 0 Å². The van der Waals surface area contributed by atoms with Crippen molar-refractivity contribution in [1.29, 1.82) is 0 Å². The summed E-state index contributed by atoms with van der Waals surface area (Å²) in [6.07, 6.45) is 4.15. The molecule has 1 N–H and O–H groups in total. The Morgan fingerprint density at radius 3 is 2.48 bits per heavy atom. The maximum Gasteiger partial charge on any atom is 0.248 e. The van der Waals surface area contributed by atoms with Crippen LogP contribution in [-0.4, -0.2) is 47.0 Å². The van der Waals surface area contributed by atoms with Gasteiger partial charge in [0.2, 0.25) is 11.8 Å². The molecule has 0 aromatic rings. The molecule has 0 spiro atoms. The second-order valence-electron chi connectivity index (χ2n) is 6.55. The summed E-state index contributed by atoms with van der Waals surface area (Å²) in [5.41, 5.74) is -0.894. The van der Waals surface area contributed by atoms with Crippen LogP contribution >= 0.6 is 0 Å². The molecule has 2 fully saturated rings. The zero-order chi connectivity index (χ0) is 15.7. The third-order valence-corrected chi connectivity index (χ3v) is 5.37. The van der Waals surface area contributed by atoms with Gasteiger partial charge in [0.1, 0.15) is 5.54 Å². The number of carbonyl (C=O) groups excluding carboxylic acids is 2. The SMILES string of the molecule is CCC1(CC)CC(N2CC(=O)NC(C)(CC)C2=O)CCO1. The van der Waals surface area contributed by atoms with Gasteiger partial charge in [-0.3, -0.25) is 9.59 Å². The summed E-state index contributed by atoms with van der Waals surface area (Å²) in [6.45, 7) is 8.88. The molecule has 0 aromatic heterocycles. The van der Waals surface area contributed by atoms with Crippen LogP contribution in [0.25, 0.3) is 0 Å². The average molecular weight is 296 g/mol. The third-order valence-electron chi connectivity index (χ3n) is 5.37. The number of rotatable bonds is 4. The molecule has 5 heteroatoms. The van der Waals surface area contributed by atoms with Crippen LogP contribution in [0.3, 0.4) is 0 Å². The first-order valence-corrected chi connectivity index (χ1v) is 8.15. The summed E-state index contributed by atoms with van der Waals surface area (Å²) in [5, 5.41) is 2.85. The standard InChI is InChI=1S/C16H28N2O3/c1-5-15(4)14(20)18(11-13(19)17-15)12-8-9-21-16(6-2,7-3)10-12/h12H,5-11H2,1-4H3,(H,17,19). The van der Waals surface area contributed by atoms with E-state index in [1.54, 1.807) is 4.90 Å². The van der Waals surface area contributed by atoms with Crippen LogP contribution in [-0.2, 0) is 14.3 Å². The minimum Gasteiger partial charge on any atom is -0.375 e. The minimum atomic E-state index is -0.755. The molecule has 120 valence electrons. The largest absolute Gasteiger partial charge is 0.375 e. The highest BCUT2D eigenvalue weighted by molar-refractivity contribution is 5.97. The number of hydrogen-bond donors (Lipinski definition) is 1. The van der Waals surface area contributed by atoms with E-state index in [9.17, 15) is 9.59 Å². The van der Waals surface area contributed by atoms with Crippen molar-refractivity contribution in [2.45, 2.75) is 77.0 Å². The summed E-state index contributed by atoms with van der Waals surface area (Å²) in [7, 11) is 0. The van der Waals surface area contributed by atoms with Crippen LogP contribution < -0.4 is 5.32 Å². The van der Waals surface area contributed by atoms with Gasteiger partial charge in [-0.25, -0.2) is 0 Å². The Labute approximate surface area is 127 Å². The second-order valence-corrected chi connectivity index (χ2v) is 6.55. The average Bonchev–Trinajstić information content (AvgIpc) is 2.50. The van der Waals surface area contributed by atoms with Gasteiger partial charge >= 0.3 is 0 Å². The molecule has 0 aromatic carbocycles. The molecule has 0 bridgehead atoms. The van der Waals surface area contributed by atoms with Gasteiger partial charge in [0.15, 0.2) is 0 Å². The van der Waals surface area contributed by atoms with Crippen LogP contribution in [0, 0.1) is 0 Å². The van der Waals surface area contributed by atoms with Crippen molar-refractivity contribution in [2.24, 2.45) is 0 Å². The monoisotopic (exact) mass is 296 g/mol. The van der Waals surface area contributed by atoms with Crippen LogP contribution in [0.5, 0.6) is 0 Å². The summed E-state index contributed by atoms with van der Waals surface area (Å²) < 4.78 is 5.99. The molecular formula is C16H28N2O3. The normalized spacial score (nSPS) is 33.0. The van der Waals surface area contributed by atoms with Crippen LogP contribution in [0.1, 0.15) is 59.8 Å². The van der Waals surface area contributed by atoms with Gasteiger partial charge in [-0.05, 0) is 39.0 Å². The van der Waals surface area contributed by atoms with Gasteiger partial charge in [0.25, 0.3) is 0 Å². The summed E-state index contributed by atoms with van der Waals surface area (Å²) in [6, 6.07) is 0.114. The highest BCUT2D eigenvalue weighted by atomic mass is 16.5. The number of amides is 2. The predicted octanol–water partition coefficient (Wildman–Crippen LogP) is 1.85. The minimum absolute atomic E-state index is 0.0518. The molecule has 0 aliphatic carbocycles. The topological polar surface area (TPSA) is 58.6 Å². The molecule has 21 heavy (non-hydrogen) atoms. The first-order valence-electron chi connectivity index (χ1n) is 8.15. The Kier molecular flexibility index (Phi) is 4.61. The lowest BCUT2D eigenvalue weighted by molar-refractivity contribution is -0.160. The lowest BCUT2D eigenvalue weighted by Gasteiger charge is -2.48. The molecule has 2 unspecified atom stereocenters. The maximum atomic E-state index is 12.8. The van der Waals surface area contributed by atoms with Crippen molar-refractivity contribution in [1.82, 2.24) is 10.2 Å². The number of ether oxygens (including phenoxy) is 1. The van der Waals surface area contributed by atoms with E-state index in [0.29, 0.717) is 13.0 Å². The number of nitrogens with one attached hydrogen (secondary N) is 1. The highest BCUT2D eigenvalue weighted by Crippen LogP contribution is 2.35. The number of nitrogens with zero attached hydrogens (tertiary/aromatic N) is 1. The summed E-state index contributed by atoms with van der Waals surface area (Å²) in [4.78, 5) is 26.6. The third kappa shape index (κ3) is 2.93. The fourth-order valence-electron chi connectivity index (χ4n) is 3.49. The van der Waals surface area contributed by atoms with Crippen molar-refractivity contribution >= 4 is 11.8 Å². The first-order chi connectivity index (χ1) is 9.89. The summed E-state index contributed by atoms with van der Waals surface area (Å²) in [5.74, 6) is 0.00152. The molecule has 0 saturated carbocycles. The van der Waals surface area contributed by atoms with Crippen molar-refractivity contribution in [3.05, 3.63) is 0 Å². The van der Waals surface area contributed by atoms with Gasteiger partial charge in [0.05, 0.1) is 12.1 Å². The van der Waals surface area contributed by atoms with Crippen LogP contribution in [0.2, 0.25) is 0 Å². The lowest BCUT2D eigenvalue weighted by Crippen LogP contribution is -2.67. The molecule has 2 aliphatic rings. The first kappa shape index (κ1) is 16.3. The fraction of sp³-hybridized carbons (Fsp3) is 0.875. The van der Waals surface area contributed by atoms with Crippen LogP contribution in [0.4, 0.5) is 0 Å². The Hall–Kier alpha value is -1.10. The van der Waals surface area contributed by atoms with E-state index in [4.69, 9.17) is 4.74 Å². The van der Waals surface area contributed by atoms with E-state index in [-0.39, 0.29) is 30.0 Å². The van der Waals surface area contributed by atoms with E-state index < -0.39 is 5.54 Å². The van der Waals surface area contributed by atoms with Crippen LogP contribution in [0.15, 0.2) is 0 Å². The molecule has 2 rings (SSSR count). The van der Waals surface area contributed by atoms with E-state index in [0.717, 1.165) is 25.7 Å². The van der Waals surface area contributed by atoms with Crippen molar-refractivity contribution in [2.75, 3.05) is 13.2 Å². The summed E-state index contributed by atoms with van der Waals surface area (Å²) >= 11 is 0. The molecule has 2 heterocycles. The van der Waals surface area contributed by atoms with Gasteiger partial charge in [-0.2, -0.15) is 0 Å². The quantitative estimate of drug-likeness (QED) is 0.861. The second kappa shape index (κ2) is 5.95. The molecule has 2 amide bonds. The Balaban J connectivity index is 2.20. The maximum absolute atomic E-state index is 12.8. The van der Waals surface area contributed by atoms with E-state index in [1.165, 1.54) is 0 Å². The zero-order valence-corrected chi connectivity index (χ0v) is 13.7. The van der Waals surface area contributed by atoms with Gasteiger partial charge in [-0.1, -0.05) is 20.8 Å². The Bertz CT molecular complexity index is 420. The molecule has 0 radical (unpaired) electrons. The Morgan fingerprint density at radius 2 is 1.90 bits per heavy atom. The Morgan fingerprint density at radius 1 is 1.24 bits per heavy atom. The lowest BCUT2D eigenvalue weighted by atomic mass is 9.83.